The summed E-state index contributed by atoms with van der Waals surface area (Å²) in [5.41, 5.74) is 6.86. The van der Waals surface area contributed by atoms with Gasteiger partial charge in [0.25, 0.3) is 5.91 Å². The van der Waals surface area contributed by atoms with Gasteiger partial charge < -0.3 is 20.6 Å². The van der Waals surface area contributed by atoms with Crippen LogP contribution < -0.4 is 20.9 Å². The molecule has 7 nitrogen and oxygen atoms in total. The maximum absolute atomic E-state index is 12.4. The van der Waals surface area contributed by atoms with Gasteiger partial charge in [-0.1, -0.05) is 42.5 Å². The van der Waals surface area contributed by atoms with Crippen molar-refractivity contribution in [1.82, 2.24) is 16.2 Å². The summed E-state index contributed by atoms with van der Waals surface area (Å²) in [6.45, 7) is 2.13. The molecular weight excluding hydrogens is 394 g/mol. The van der Waals surface area contributed by atoms with Crippen LogP contribution in [0.1, 0.15) is 22.8 Å². The van der Waals surface area contributed by atoms with Crippen LogP contribution in [0.4, 0.5) is 0 Å². The van der Waals surface area contributed by atoms with Gasteiger partial charge in [-0.3, -0.25) is 15.0 Å². The molecule has 0 aromatic heterocycles. The number of hydrogen-bond acceptors (Lipinski definition) is 5. The van der Waals surface area contributed by atoms with Crippen LogP contribution in [0, 0.1) is 0 Å². The van der Waals surface area contributed by atoms with Crippen molar-refractivity contribution in [3.63, 3.8) is 0 Å². The van der Waals surface area contributed by atoms with Crippen LogP contribution in [0.15, 0.2) is 72.4 Å². The number of allylic oxidation sites excluding steroid dienone is 1. The van der Waals surface area contributed by atoms with Crippen LogP contribution in [-0.2, 0) is 11.2 Å². The number of hydrazine groups is 1. The first-order valence-electron chi connectivity index (χ1n) is 9.84. The fourth-order valence-corrected chi connectivity index (χ4v) is 3.07. The van der Waals surface area contributed by atoms with Gasteiger partial charge in [-0.2, -0.15) is 0 Å². The first-order valence-corrected chi connectivity index (χ1v) is 9.84. The smallest absolute Gasteiger partial charge is 0.273 e. The Morgan fingerprint density at radius 2 is 1.74 bits per heavy atom. The largest absolute Gasteiger partial charge is 0.506 e. The van der Waals surface area contributed by atoms with Gasteiger partial charge in [-0.25, -0.2) is 0 Å². The van der Waals surface area contributed by atoms with Crippen molar-refractivity contribution in [2.45, 2.75) is 13.3 Å². The first kappa shape index (κ1) is 21.7. The van der Waals surface area contributed by atoms with E-state index in [1.807, 2.05) is 36.4 Å². The Morgan fingerprint density at radius 3 is 2.48 bits per heavy atom. The Labute approximate surface area is 180 Å². The van der Waals surface area contributed by atoms with Gasteiger partial charge in [0, 0.05) is 23.7 Å². The molecule has 0 unspecified atom stereocenters. The minimum atomic E-state index is -0.504. The second kappa shape index (κ2) is 10.2. The second-order valence-corrected chi connectivity index (χ2v) is 6.98. The second-order valence-electron chi connectivity index (χ2n) is 6.98. The third-order valence-electron chi connectivity index (χ3n) is 4.74. The van der Waals surface area contributed by atoms with E-state index in [2.05, 4.69) is 16.2 Å². The molecule has 0 fully saturated rings. The van der Waals surface area contributed by atoms with E-state index < -0.39 is 5.91 Å². The molecule has 0 bridgehead atoms. The maximum Gasteiger partial charge on any atom is 0.273 e. The van der Waals surface area contributed by atoms with Crippen LogP contribution >= 0.6 is 0 Å². The van der Waals surface area contributed by atoms with E-state index in [4.69, 9.17) is 4.74 Å². The standard InChI is InChI=1S/C24H25N3O4/c1-16(15-22(28)25-14-13-17-7-10-19(31-2)11-8-17)26-27-24(30)21-12-9-18-5-3-4-6-20(18)23(21)29/h3-12,15,26,29H,13-14H2,1-2H3,(H,25,28)(H,27,30)/b16-15-. The number of methoxy groups -OCH3 is 1. The van der Waals surface area contributed by atoms with Gasteiger partial charge >= 0.3 is 0 Å². The van der Waals surface area contributed by atoms with Crippen molar-refractivity contribution in [3.8, 4) is 11.5 Å². The highest BCUT2D eigenvalue weighted by Crippen LogP contribution is 2.28. The molecule has 0 radical (unpaired) electrons. The number of benzene rings is 3. The number of phenolic OH excluding ortho intramolecular Hbond substituents is 1. The summed E-state index contributed by atoms with van der Waals surface area (Å²) in [7, 11) is 1.62. The average Bonchev–Trinajstić information content (AvgIpc) is 2.78. The number of nitrogens with one attached hydrogen (secondary N) is 3. The lowest BCUT2D eigenvalue weighted by atomic mass is 10.1. The zero-order chi connectivity index (χ0) is 22.2. The molecule has 0 spiro atoms. The number of carbonyl (C=O) groups is 2. The summed E-state index contributed by atoms with van der Waals surface area (Å²) in [5, 5.41) is 14.6. The Kier molecular flexibility index (Phi) is 7.11. The molecule has 0 atom stereocenters. The molecule has 3 aromatic rings. The van der Waals surface area contributed by atoms with Gasteiger partial charge in [0.15, 0.2) is 0 Å². The van der Waals surface area contributed by atoms with Crippen molar-refractivity contribution in [2.24, 2.45) is 0 Å². The lowest BCUT2D eigenvalue weighted by Gasteiger charge is -2.11. The van der Waals surface area contributed by atoms with Gasteiger partial charge in [0.1, 0.15) is 11.5 Å². The molecule has 3 aromatic carbocycles. The number of rotatable bonds is 8. The predicted octanol–water partition coefficient (Wildman–Crippen LogP) is 3.05. The summed E-state index contributed by atoms with van der Waals surface area (Å²) in [6.07, 6.45) is 2.04. The molecule has 0 aliphatic carbocycles. The van der Waals surface area contributed by atoms with Gasteiger partial charge in [-0.05, 0) is 42.5 Å². The molecule has 3 rings (SSSR count). The van der Waals surface area contributed by atoms with Gasteiger partial charge in [0.05, 0.1) is 12.7 Å². The lowest BCUT2D eigenvalue weighted by molar-refractivity contribution is -0.116. The molecule has 31 heavy (non-hydrogen) atoms. The summed E-state index contributed by atoms with van der Waals surface area (Å²) in [4.78, 5) is 24.5. The van der Waals surface area contributed by atoms with Crippen LogP contribution in [0.25, 0.3) is 10.8 Å². The molecule has 0 saturated carbocycles. The quantitative estimate of drug-likeness (QED) is 0.332. The zero-order valence-electron chi connectivity index (χ0n) is 17.4. The highest BCUT2D eigenvalue weighted by atomic mass is 16.5. The molecule has 2 amide bonds. The fourth-order valence-electron chi connectivity index (χ4n) is 3.07. The van der Waals surface area contributed by atoms with Crippen molar-refractivity contribution in [2.75, 3.05) is 13.7 Å². The minimum Gasteiger partial charge on any atom is -0.506 e. The van der Waals surface area contributed by atoms with E-state index in [9.17, 15) is 14.7 Å². The van der Waals surface area contributed by atoms with E-state index in [-0.39, 0.29) is 17.2 Å². The van der Waals surface area contributed by atoms with Gasteiger partial charge in [-0.15, -0.1) is 0 Å². The predicted molar refractivity (Wildman–Crippen MR) is 120 cm³/mol. The topological polar surface area (TPSA) is 99.7 Å². The third kappa shape index (κ3) is 5.76. The number of amides is 2. The molecule has 0 aliphatic heterocycles. The summed E-state index contributed by atoms with van der Waals surface area (Å²) in [6, 6.07) is 18.2. The third-order valence-corrected chi connectivity index (χ3v) is 4.74. The van der Waals surface area contributed by atoms with Crippen LogP contribution in [0.5, 0.6) is 11.5 Å². The Bertz CT molecular complexity index is 1110. The van der Waals surface area contributed by atoms with E-state index >= 15 is 0 Å². The van der Waals surface area contributed by atoms with E-state index in [1.54, 1.807) is 38.3 Å². The Hall–Kier alpha value is -4.00. The number of hydrogen-bond donors (Lipinski definition) is 4. The van der Waals surface area contributed by atoms with Gasteiger partial charge in [0.2, 0.25) is 5.91 Å². The summed E-state index contributed by atoms with van der Waals surface area (Å²) < 4.78 is 5.12. The number of aromatic hydroxyl groups is 1. The van der Waals surface area contributed by atoms with Crippen LogP contribution in [-0.4, -0.2) is 30.6 Å². The number of fused-ring (bicyclic) bond motifs is 1. The van der Waals surface area contributed by atoms with Crippen molar-refractivity contribution in [3.05, 3.63) is 83.6 Å². The molecule has 0 aliphatic rings. The van der Waals surface area contributed by atoms with E-state index in [0.29, 0.717) is 24.0 Å². The van der Waals surface area contributed by atoms with Crippen molar-refractivity contribution >= 4 is 22.6 Å². The van der Waals surface area contributed by atoms with Crippen molar-refractivity contribution < 1.29 is 19.4 Å². The molecular formula is C24H25N3O4. The lowest BCUT2D eigenvalue weighted by Crippen LogP contribution is -2.37. The highest BCUT2D eigenvalue weighted by molar-refractivity contribution is 6.03. The van der Waals surface area contributed by atoms with Crippen molar-refractivity contribution in [1.29, 1.82) is 0 Å². The van der Waals surface area contributed by atoms with Crippen LogP contribution in [0.2, 0.25) is 0 Å². The molecule has 0 heterocycles. The first-order chi connectivity index (χ1) is 15.0. The zero-order valence-corrected chi connectivity index (χ0v) is 17.4. The average molecular weight is 419 g/mol. The Morgan fingerprint density at radius 1 is 1.00 bits per heavy atom. The highest BCUT2D eigenvalue weighted by Gasteiger charge is 2.13. The number of carbonyl (C=O) groups excluding carboxylic acids is 2. The molecule has 0 saturated heterocycles. The minimum absolute atomic E-state index is 0.0877. The van der Waals surface area contributed by atoms with E-state index in [0.717, 1.165) is 16.7 Å². The maximum atomic E-state index is 12.4. The SMILES string of the molecule is COc1ccc(CCNC(=O)/C=C(/C)NNC(=O)c2ccc3ccccc3c2O)cc1. The number of phenols is 1. The fraction of sp³-hybridized carbons (Fsp3) is 0.167. The Balaban J connectivity index is 1.49. The normalized spacial score (nSPS) is 11.1. The summed E-state index contributed by atoms with van der Waals surface area (Å²) in [5.74, 6) is -0.0796. The molecule has 4 N–H and O–H groups in total. The monoisotopic (exact) mass is 419 g/mol. The van der Waals surface area contributed by atoms with Crippen LogP contribution in [0.3, 0.4) is 0 Å². The number of ether oxygens (including phenoxy) is 1. The molecule has 7 heteroatoms. The summed E-state index contributed by atoms with van der Waals surface area (Å²) >= 11 is 0. The molecule has 160 valence electrons. The van der Waals surface area contributed by atoms with E-state index in [1.165, 1.54) is 6.08 Å².